The Bertz CT molecular complexity index is 2810. The van der Waals surface area contributed by atoms with Gasteiger partial charge in [-0.25, -0.2) is 0 Å². The van der Waals surface area contributed by atoms with Gasteiger partial charge in [-0.2, -0.15) is 15.8 Å². The molecule has 238 valence electrons. The van der Waals surface area contributed by atoms with E-state index < -0.39 is 0 Å². The molecular weight excluding hydrogens is 623 g/mol. The number of hydrogen-bond donors (Lipinski definition) is 0. The van der Waals surface area contributed by atoms with Gasteiger partial charge < -0.3 is 9.13 Å². The fourth-order valence-electron chi connectivity index (χ4n) is 7.85. The Morgan fingerprint density at radius 2 is 1.31 bits per heavy atom. The maximum Gasteiger partial charge on any atom is 0.101 e. The summed E-state index contributed by atoms with van der Waals surface area (Å²) in [6, 6.07) is 44.6. The number of rotatable bonds is 4. The quantitative estimate of drug-likeness (QED) is 0.190. The molecule has 7 aromatic rings. The van der Waals surface area contributed by atoms with E-state index in [1.54, 1.807) is 0 Å². The molecule has 0 atom stereocenters. The van der Waals surface area contributed by atoms with Crippen LogP contribution in [0, 0.1) is 34.0 Å². The molecule has 5 nitrogen and oxygen atoms in total. The Balaban J connectivity index is 1.18. The minimum absolute atomic E-state index is 0.538. The molecular formula is C46H29N5. The largest absolute Gasteiger partial charge is 0.312 e. The molecule has 2 aromatic heterocycles. The van der Waals surface area contributed by atoms with Crippen LogP contribution in [0.25, 0.3) is 66.9 Å². The van der Waals surface area contributed by atoms with E-state index in [4.69, 9.17) is 0 Å². The number of nitriles is 3. The third kappa shape index (κ3) is 4.82. The highest BCUT2D eigenvalue weighted by atomic mass is 15.0. The lowest BCUT2D eigenvalue weighted by molar-refractivity contribution is 0.983. The third-order valence-electron chi connectivity index (χ3n) is 10.2. The first-order valence-corrected chi connectivity index (χ1v) is 17.1. The molecule has 0 amide bonds. The van der Waals surface area contributed by atoms with Crippen LogP contribution in [0.15, 0.2) is 139 Å². The Kier molecular flexibility index (Phi) is 7.10. The summed E-state index contributed by atoms with van der Waals surface area (Å²) in [6.45, 7) is 0. The van der Waals surface area contributed by atoms with Gasteiger partial charge in [0.05, 0.1) is 51.2 Å². The Labute approximate surface area is 295 Å². The van der Waals surface area contributed by atoms with E-state index in [-0.39, 0.29) is 0 Å². The molecule has 5 heteroatoms. The maximum absolute atomic E-state index is 10.6. The molecule has 9 rings (SSSR count). The van der Waals surface area contributed by atoms with Crippen molar-refractivity contribution in [1.82, 2.24) is 9.13 Å². The zero-order valence-electron chi connectivity index (χ0n) is 27.6. The lowest BCUT2D eigenvalue weighted by Gasteiger charge is -2.20. The van der Waals surface area contributed by atoms with Gasteiger partial charge in [-0.1, -0.05) is 78.9 Å². The molecule has 0 saturated heterocycles. The summed E-state index contributed by atoms with van der Waals surface area (Å²) < 4.78 is 4.52. The predicted octanol–water partition coefficient (Wildman–Crippen LogP) is 10.9. The van der Waals surface area contributed by atoms with Gasteiger partial charge in [0.25, 0.3) is 0 Å². The van der Waals surface area contributed by atoms with Crippen molar-refractivity contribution in [3.63, 3.8) is 0 Å². The highest BCUT2D eigenvalue weighted by Gasteiger charge is 2.22. The summed E-state index contributed by atoms with van der Waals surface area (Å²) in [5, 5.41) is 33.3. The normalized spacial score (nSPS) is 13.9. The Morgan fingerprint density at radius 3 is 2.08 bits per heavy atom. The highest BCUT2D eigenvalue weighted by Crippen LogP contribution is 2.40. The summed E-state index contributed by atoms with van der Waals surface area (Å²) in [7, 11) is 0. The lowest BCUT2D eigenvalue weighted by Crippen LogP contribution is -2.03. The molecule has 0 aliphatic heterocycles. The molecule has 2 heterocycles. The van der Waals surface area contributed by atoms with Gasteiger partial charge in [-0.3, -0.25) is 0 Å². The van der Waals surface area contributed by atoms with Gasteiger partial charge in [0.15, 0.2) is 0 Å². The number of nitrogens with zero attached hydrogens (tertiary/aromatic N) is 5. The van der Waals surface area contributed by atoms with E-state index in [0.717, 1.165) is 57.4 Å². The van der Waals surface area contributed by atoms with Crippen molar-refractivity contribution in [3.8, 4) is 35.0 Å². The van der Waals surface area contributed by atoms with Crippen molar-refractivity contribution in [1.29, 1.82) is 15.8 Å². The SMILES string of the molecule is N#CC1=CCc2c(n(-c3ccc(-c4cccc(C5=C(n6c7ccccc7c7ccccc76)CCC=C5)c4)cc3C#N)c3ccc(C#N)cc23)C=C1. The topological polar surface area (TPSA) is 81.2 Å². The first kappa shape index (κ1) is 30.0. The van der Waals surface area contributed by atoms with Crippen LogP contribution >= 0.6 is 0 Å². The average Bonchev–Trinajstić information content (AvgIpc) is 3.59. The second-order valence-corrected chi connectivity index (χ2v) is 12.9. The molecule has 0 bridgehead atoms. The number of hydrogen-bond acceptors (Lipinski definition) is 3. The number of benzene rings is 5. The maximum atomic E-state index is 10.6. The van der Waals surface area contributed by atoms with Crippen LogP contribution < -0.4 is 0 Å². The van der Waals surface area contributed by atoms with E-state index in [1.807, 2.05) is 48.6 Å². The van der Waals surface area contributed by atoms with Gasteiger partial charge in [-0.15, -0.1) is 0 Å². The molecule has 0 fully saturated rings. The van der Waals surface area contributed by atoms with Gasteiger partial charge in [-0.05, 0) is 102 Å². The van der Waals surface area contributed by atoms with Crippen molar-refractivity contribution < 1.29 is 0 Å². The fraction of sp³-hybridized carbons (Fsp3) is 0.0652. The molecule has 0 radical (unpaired) electrons. The summed E-state index contributed by atoms with van der Waals surface area (Å²) in [4.78, 5) is 0. The van der Waals surface area contributed by atoms with Crippen molar-refractivity contribution in [2.45, 2.75) is 19.3 Å². The molecule has 51 heavy (non-hydrogen) atoms. The van der Waals surface area contributed by atoms with Crippen LogP contribution in [0.5, 0.6) is 0 Å². The first-order valence-electron chi connectivity index (χ1n) is 17.1. The van der Waals surface area contributed by atoms with Crippen LogP contribution in [-0.4, -0.2) is 9.13 Å². The molecule has 0 spiro atoms. The molecule has 2 aliphatic rings. The van der Waals surface area contributed by atoms with E-state index in [9.17, 15) is 15.8 Å². The smallest absolute Gasteiger partial charge is 0.101 e. The van der Waals surface area contributed by atoms with Gasteiger partial charge in [0.1, 0.15) is 6.07 Å². The summed E-state index contributed by atoms with van der Waals surface area (Å²) in [5.41, 5.74) is 13.3. The van der Waals surface area contributed by atoms with Crippen molar-refractivity contribution in [2.24, 2.45) is 0 Å². The van der Waals surface area contributed by atoms with Gasteiger partial charge >= 0.3 is 0 Å². The summed E-state index contributed by atoms with van der Waals surface area (Å²) >= 11 is 0. The third-order valence-corrected chi connectivity index (χ3v) is 10.2. The van der Waals surface area contributed by atoms with Crippen LogP contribution in [-0.2, 0) is 6.42 Å². The second-order valence-electron chi connectivity index (χ2n) is 12.9. The van der Waals surface area contributed by atoms with E-state index in [1.165, 1.54) is 33.1 Å². The number of fused-ring (bicyclic) bond motifs is 6. The van der Waals surface area contributed by atoms with E-state index in [2.05, 4.69) is 118 Å². The number of allylic oxidation sites excluding steroid dienone is 7. The summed E-state index contributed by atoms with van der Waals surface area (Å²) in [6.07, 6.45) is 12.7. The minimum Gasteiger partial charge on any atom is -0.312 e. The van der Waals surface area contributed by atoms with Crippen LogP contribution in [0.3, 0.4) is 0 Å². The van der Waals surface area contributed by atoms with E-state index in [0.29, 0.717) is 23.1 Å². The van der Waals surface area contributed by atoms with Crippen LogP contribution in [0.4, 0.5) is 0 Å². The number of para-hydroxylation sites is 2. The van der Waals surface area contributed by atoms with Gasteiger partial charge in [0, 0.05) is 33.0 Å². The average molecular weight is 652 g/mol. The standard InChI is InChI=1S/C46H29N5/c47-27-30-16-20-39-40-24-31(28-48)18-22-46(40)50(45(39)21-17-30)41-23-19-33(26-35(41)29-49)32-8-7-9-34(25-32)36-10-1-4-13-42(36)51-43-14-5-2-11-37(43)38-12-3-6-15-44(38)51/h1-3,5-12,14-19,21-26H,4,13,20H2. The first-order chi connectivity index (χ1) is 25.2. The zero-order chi connectivity index (χ0) is 34.5. The Morgan fingerprint density at radius 1 is 0.569 bits per heavy atom. The molecule has 0 saturated carbocycles. The van der Waals surface area contributed by atoms with Gasteiger partial charge in [0.2, 0.25) is 0 Å². The van der Waals surface area contributed by atoms with Crippen molar-refractivity contribution >= 4 is 50.1 Å². The predicted molar refractivity (Wildman–Crippen MR) is 206 cm³/mol. The van der Waals surface area contributed by atoms with Crippen LogP contribution in [0.1, 0.15) is 40.8 Å². The second kappa shape index (κ2) is 12.1. The number of aromatic nitrogens is 2. The summed E-state index contributed by atoms with van der Waals surface area (Å²) in [5.74, 6) is 0. The molecule has 0 N–H and O–H groups in total. The van der Waals surface area contributed by atoms with Crippen molar-refractivity contribution in [3.05, 3.63) is 167 Å². The molecule has 0 unspecified atom stereocenters. The fourth-order valence-corrected chi connectivity index (χ4v) is 7.85. The molecule has 5 aromatic carbocycles. The van der Waals surface area contributed by atoms with Crippen molar-refractivity contribution in [2.75, 3.05) is 0 Å². The monoisotopic (exact) mass is 651 g/mol. The highest BCUT2D eigenvalue weighted by molar-refractivity contribution is 6.11. The van der Waals surface area contributed by atoms with E-state index >= 15 is 0 Å². The van der Waals surface area contributed by atoms with Crippen LogP contribution in [0.2, 0.25) is 0 Å². The zero-order valence-corrected chi connectivity index (χ0v) is 27.6. The lowest BCUT2D eigenvalue weighted by atomic mass is 9.93. The minimum atomic E-state index is 0.538. The molecule has 2 aliphatic carbocycles. The Hall–Kier alpha value is -7.13.